The van der Waals surface area contributed by atoms with Gasteiger partial charge >= 0.3 is 0 Å². The van der Waals surface area contributed by atoms with Crippen LogP contribution in [-0.2, 0) is 6.61 Å². The van der Waals surface area contributed by atoms with E-state index in [2.05, 4.69) is 22.0 Å². The zero-order valence-corrected chi connectivity index (χ0v) is 11.0. The van der Waals surface area contributed by atoms with Crippen molar-refractivity contribution >= 4 is 15.9 Å². The quantitative estimate of drug-likeness (QED) is 0.942. The predicted octanol–water partition coefficient (Wildman–Crippen LogP) is 3.61. The van der Waals surface area contributed by atoms with Crippen molar-refractivity contribution in [1.29, 1.82) is 5.26 Å². The number of aliphatic hydroxyl groups is 1. The molecular formula is C14H10BrNO2. The van der Waals surface area contributed by atoms with Gasteiger partial charge in [0.25, 0.3) is 0 Å². The number of nitriles is 1. The number of rotatable bonds is 3. The first kappa shape index (κ1) is 12.6. The molecule has 0 saturated carbocycles. The fourth-order valence-corrected chi connectivity index (χ4v) is 1.95. The van der Waals surface area contributed by atoms with Gasteiger partial charge in [-0.3, -0.25) is 0 Å². The summed E-state index contributed by atoms with van der Waals surface area (Å²) in [5, 5.41) is 17.8. The van der Waals surface area contributed by atoms with Gasteiger partial charge in [-0.1, -0.05) is 12.1 Å². The lowest BCUT2D eigenvalue weighted by Gasteiger charge is -2.08. The Labute approximate surface area is 113 Å². The molecule has 0 radical (unpaired) electrons. The first-order valence-electron chi connectivity index (χ1n) is 5.30. The van der Waals surface area contributed by atoms with Crippen molar-refractivity contribution in [2.45, 2.75) is 6.61 Å². The minimum atomic E-state index is -0.0221. The molecule has 0 aliphatic carbocycles. The van der Waals surface area contributed by atoms with E-state index in [9.17, 15) is 0 Å². The molecule has 2 aromatic rings. The lowest BCUT2D eigenvalue weighted by Crippen LogP contribution is -1.88. The second-order valence-electron chi connectivity index (χ2n) is 3.66. The molecule has 90 valence electrons. The summed E-state index contributed by atoms with van der Waals surface area (Å²) in [6.45, 7) is -0.0221. The van der Waals surface area contributed by atoms with Crippen LogP contribution in [0.2, 0.25) is 0 Å². The van der Waals surface area contributed by atoms with Gasteiger partial charge in [-0.25, -0.2) is 0 Å². The first-order valence-corrected chi connectivity index (χ1v) is 6.09. The van der Waals surface area contributed by atoms with E-state index in [-0.39, 0.29) is 6.61 Å². The van der Waals surface area contributed by atoms with Crippen molar-refractivity contribution in [3.05, 3.63) is 58.1 Å². The van der Waals surface area contributed by atoms with Crippen molar-refractivity contribution in [3.63, 3.8) is 0 Å². The highest BCUT2D eigenvalue weighted by Crippen LogP contribution is 2.30. The second kappa shape index (κ2) is 5.67. The minimum absolute atomic E-state index is 0.0221. The SMILES string of the molecule is N#Cc1ccc(Oc2cccc(CO)c2)c(Br)c1. The van der Waals surface area contributed by atoms with Crippen LogP contribution in [0.3, 0.4) is 0 Å². The molecule has 2 rings (SSSR count). The third kappa shape index (κ3) is 2.89. The van der Waals surface area contributed by atoms with Crippen LogP contribution in [0.4, 0.5) is 0 Å². The lowest BCUT2D eigenvalue weighted by molar-refractivity contribution is 0.281. The second-order valence-corrected chi connectivity index (χ2v) is 4.52. The first-order chi connectivity index (χ1) is 8.72. The predicted molar refractivity (Wildman–Crippen MR) is 71.3 cm³/mol. The molecule has 0 aromatic heterocycles. The molecule has 0 saturated heterocycles. The molecule has 0 amide bonds. The van der Waals surface area contributed by atoms with Gasteiger partial charge in [0.2, 0.25) is 0 Å². The Bertz CT molecular complexity index is 605. The van der Waals surface area contributed by atoms with Gasteiger partial charge in [0, 0.05) is 0 Å². The van der Waals surface area contributed by atoms with Crippen molar-refractivity contribution in [3.8, 4) is 17.6 Å². The Balaban J connectivity index is 2.26. The Kier molecular flexibility index (Phi) is 3.98. The molecule has 0 aliphatic heterocycles. The topological polar surface area (TPSA) is 53.2 Å². The Morgan fingerprint density at radius 3 is 2.72 bits per heavy atom. The van der Waals surface area contributed by atoms with E-state index in [4.69, 9.17) is 15.1 Å². The van der Waals surface area contributed by atoms with E-state index in [0.717, 1.165) is 10.0 Å². The highest BCUT2D eigenvalue weighted by atomic mass is 79.9. The lowest BCUT2D eigenvalue weighted by atomic mass is 10.2. The van der Waals surface area contributed by atoms with E-state index in [0.29, 0.717) is 17.1 Å². The van der Waals surface area contributed by atoms with Crippen molar-refractivity contribution < 1.29 is 9.84 Å². The van der Waals surface area contributed by atoms with Gasteiger partial charge in [0.1, 0.15) is 11.5 Å². The van der Waals surface area contributed by atoms with E-state index in [1.165, 1.54) is 0 Å². The molecule has 4 heteroatoms. The molecule has 0 unspecified atom stereocenters. The summed E-state index contributed by atoms with van der Waals surface area (Å²) in [5.74, 6) is 1.27. The Hall–Kier alpha value is -1.83. The third-order valence-corrected chi connectivity index (χ3v) is 2.99. The zero-order valence-electron chi connectivity index (χ0n) is 9.43. The largest absolute Gasteiger partial charge is 0.456 e. The number of nitrogens with zero attached hydrogens (tertiary/aromatic N) is 1. The van der Waals surface area contributed by atoms with Crippen LogP contribution in [0.15, 0.2) is 46.9 Å². The maximum Gasteiger partial charge on any atom is 0.141 e. The number of benzene rings is 2. The molecule has 1 N–H and O–H groups in total. The molecule has 18 heavy (non-hydrogen) atoms. The van der Waals surface area contributed by atoms with Crippen LogP contribution in [0.5, 0.6) is 11.5 Å². The molecule has 0 spiro atoms. The molecular weight excluding hydrogens is 294 g/mol. The fraction of sp³-hybridized carbons (Fsp3) is 0.0714. The van der Waals surface area contributed by atoms with Crippen molar-refractivity contribution in [1.82, 2.24) is 0 Å². The highest BCUT2D eigenvalue weighted by molar-refractivity contribution is 9.10. The van der Waals surface area contributed by atoms with Gasteiger partial charge in [0.15, 0.2) is 0 Å². The van der Waals surface area contributed by atoms with Crippen LogP contribution >= 0.6 is 15.9 Å². The summed E-state index contributed by atoms with van der Waals surface area (Å²) in [4.78, 5) is 0. The number of halogens is 1. The molecule has 0 atom stereocenters. The molecule has 0 heterocycles. The van der Waals surface area contributed by atoms with Crippen LogP contribution in [0.1, 0.15) is 11.1 Å². The summed E-state index contributed by atoms with van der Waals surface area (Å²) in [6, 6.07) is 14.4. The van der Waals surface area contributed by atoms with E-state index in [1.807, 2.05) is 18.2 Å². The normalized spacial score (nSPS) is 9.83. The van der Waals surface area contributed by atoms with Crippen LogP contribution in [-0.4, -0.2) is 5.11 Å². The summed E-state index contributed by atoms with van der Waals surface area (Å²) in [5.41, 5.74) is 1.36. The third-order valence-electron chi connectivity index (χ3n) is 2.37. The molecule has 0 aliphatic rings. The maximum atomic E-state index is 9.05. The number of ether oxygens (including phenoxy) is 1. The van der Waals surface area contributed by atoms with Gasteiger partial charge < -0.3 is 9.84 Å². The van der Waals surface area contributed by atoms with Gasteiger partial charge in [-0.2, -0.15) is 5.26 Å². The van der Waals surface area contributed by atoms with Crippen molar-refractivity contribution in [2.24, 2.45) is 0 Å². The fourth-order valence-electron chi connectivity index (χ4n) is 1.49. The summed E-state index contributed by atoms with van der Waals surface area (Å²) >= 11 is 3.36. The minimum Gasteiger partial charge on any atom is -0.456 e. The van der Waals surface area contributed by atoms with Crippen molar-refractivity contribution in [2.75, 3.05) is 0 Å². The number of hydrogen-bond acceptors (Lipinski definition) is 3. The molecule has 0 bridgehead atoms. The summed E-state index contributed by atoms with van der Waals surface area (Å²) < 4.78 is 6.40. The van der Waals surface area contributed by atoms with Crippen LogP contribution in [0.25, 0.3) is 0 Å². The van der Waals surface area contributed by atoms with Crippen LogP contribution < -0.4 is 4.74 Å². The Morgan fingerprint density at radius 1 is 1.22 bits per heavy atom. The van der Waals surface area contributed by atoms with E-state index >= 15 is 0 Å². The van der Waals surface area contributed by atoms with Crippen LogP contribution in [0, 0.1) is 11.3 Å². The highest BCUT2D eigenvalue weighted by Gasteiger charge is 2.04. The summed E-state index contributed by atoms with van der Waals surface area (Å²) in [7, 11) is 0. The monoisotopic (exact) mass is 303 g/mol. The molecule has 0 fully saturated rings. The molecule has 2 aromatic carbocycles. The van der Waals surface area contributed by atoms with Gasteiger partial charge in [0.05, 0.1) is 22.7 Å². The average molecular weight is 304 g/mol. The van der Waals surface area contributed by atoms with E-state index in [1.54, 1.807) is 24.3 Å². The average Bonchev–Trinajstić information content (AvgIpc) is 2.41. The zero-order chi connectivity index (χ0) is 13.0. The van der Waals surface area contributed by atoms with Gasteiger partial charge in [-0.05, 0) is 51.8 Å². The Morgan fingerprint density at radius 2 is 2.06 bits per heavy atom. The molecule has 3 nitrogen and oxygen atoms in total. The van der Waals surface area contributed by atoms with Gasteiger partial charge in [-0.15, -0.1) is 0 Å². The maximum absolute atomic E-state index is 9.05. The standard InChI is InChI=1S/C14H10BrNO2/c15-13-7-10(8-16)4-5-14(13)18-12-3-1-2-11(6-12)9-17/h1-7,17H,9H2. The smallest absolute Gasteiger partial charge is 0.141 e. The number of hydrogen-bond donors (Lipinski definition) is 1. The van der Waals surface area contributed by atoms with E-state index < -0.39 is 0 Å². The summed E-state index contributed by atoms with van der Waals surface area (Å²) in [6.07, 6.45) is 0. The number of aliphatic hydroxyl groups excluding tert-OH is 1.